The number of aromatic hydroxyl groups is 1. The third-order valence-electron chi connectivity index (χ3n) is 8.04. The van der Waals surface area contributed by atoms with Gasteiger partial charge in [-0.25, -0.2) is 4.79 Å². The number of benzene rings is 1. The molecule has 0 unspecified atom stereocenters. The Labute approximate surface area is 213 Å². The predicted molar refractivity (Wildman–Crippen MR) is 124 cm³/mol. The molecule has 210 valence electrons. The van der Waals surface area contributed by atoms with Crippen LogP contribution in [0.5, 0.6) is 11.5 Å². The summed E-state index contributed by atoms with van der Waals surface area (Å²) in [7, 11) is 0. The largest absolute Gasteiger partial charge is 0.504 e. The molecule has 2 fully saturated rings. The molecule has 0 aromatic heterocycles. The number of phenols is 1. The van der Waals surface area contributed by atoms with Gasteiger partial charge in [0.05, 0.1) is 17.8 Å². The van der Waals surface area contributed by atoms with Crippen molar-refractivity contribution in [2.45, 2.75) is 100 Å². The molecule has 3 rings (SSSR count). The number of carbonyl (C=O) groups is 1. The van der Waals surface area contributed by atoms with Crippen LogP contribution in [0.4, 0.5) is 0 Å². The van der Waals surface area contributed by atoms with Crippen LogP contribution in [-0.4, -0.2) is 112 Å². The maximum absolute atomic E-state index is 11.3. The molecule has 0 spiro atoms. The summed E-state index contributed by atoms with van der Waals surface area (Å²) in [6, 6.07) is 3.19. The van der Waals surface area contributed by atoms with E-state index in [2.05, 4.69) is 0 Å². The smallest absolute Gasteiger partial charge is 0.335 e. The highest BCUT2D eigenvalue weighted by atomic mass is 16.7. The molecule has 0 amide bonds. The lowest BCUT2D eigenvalue weighted by Gasteiger charge is -2.64. The van der Waals surface area contributed by atoms with Crippen LogP contribution in [0.15, 0.2) is 18.2 Å². The van der Waals surface area contributed by atoms with Gasteiger partial charge in [0.15, 0.2) is 17.3 Å². The topological polar surface area (TPSA) is 216 Å². The molecule has 9 atom stereocenters. The number of rotatable bonds is 6. The van der Waals surface area contributed by atoms with Crippen molar-refractivity contribution in [2.24, 2.45) is 0 Å². The lowest BCUT2D eigenvalue weighted by Crippen LogP contribution is -2.83. The minimum absolute atomic E-state index is 0.220. The highest BCUT2D eigenvalue weighted by Gasteiger charge is 2.73. The fraction of sp³-hybridized carbons (Fsp3) is 0.708. The van der Waals surface area contributed by atoms with Crippen LogP contribution in [0, 0.1) is 0 Å². The van der Waals surface area contributed by atoms with Crippen molar-refractivity contribution in [1.29, 1.82) is 0 Å². The SMILES string of the molecule is CC1(C)O[C@](C)(OC[C@H]2O[C@H](Oc3ccc(C(=O)O)cc3O)[C@H](O)[C@@H](O)[C@@H]2O)[C@@](C)(O)[C@](C)(O)[C@]1(C)O. The lowest BCUT2D eigenvalue weighted by atomic mass is 9.61. The Hall–Kier alpha value is -2.07. The molecule has 2 heterocycles. The maximum Gasteiger partial charge on any atom is 0.335 e. The third kappa shape index (κ3) is 4.58. The predicted octanol–water partition coefficient (Wildman–Crippen LogP) is -0.929. The van der Waals surface area contributed by atoms with E-state index < -0.39 is 77.2 Å². The number of aliphatic hydroxyl groups excluding tert-OH is 3. The van der Waals surface area contributed by atoms with Crippen molar-refractivity contribution in [1.82, 2.24) is 0 Å². The van der Waals surface area contributed by atoms with Gasteiger partial charge in [-0.2, -0.15) is 0 Å². The molecular formula is C24H36O13. The molecule has 0 radical (unpaired) electrons. The summed E-state index contributed by atoms with van der Waals surface area (Å²) >= 11 is 0. The summed E-state index contributed by atoms with van der Waals surface area (Å²) in [6.07, 6.45) is -8.24. The minimum atomic E-state index is -2.20. The average molecular weight is 533 g/mol. The Morgan fingerprint density at radius 1 is 0.919 bits per heavy atom. The van der Waals surface area contributed by atoms with Crippen LogP contribution in [0.3, 0.4) is 0 Å². The van der Waals surface area contributed by atoms with Crippen LogP contribution in [0.2, 0.25) is 0 Å². The fourth-order valence-corrected chi connectivity index (χ4v) is 4.63. The van der Waals surface area contributed by atoms with E-state index >= 15 is 0 Å². The molecule has 0 aliphatic carbocycles. The van der Waals surface area contributed by atoms with E-state index in [-0.39, 0.29) is 11.3 Å². The molecule has 37 heavy (non-hydrogen) atoms. The van der Waals surface area contributed by atoms with E-state index in [4.69, 9.17) is 24.1 Å². The molecule has 13 heteroatoms. The van der Waals surface area contributed by atoms with Crippen molar-refractivity contribution in [3.05, 3.63) is 23.8 Å². The second-order valence-corrected chi connectivity index (χ2v) is 10.7. The van der Waals surface area contributed by atoms with Crippen molar-refractivity contribution in [2.75, 3.05) is 6.61 Å². The number of hydrogen-bond acceptors (Lipinski definition) is 12. The summed E-state index contributed by atoms with van der Waals surface area (Å²) in [5.74, 6) is -4.08. The maximum atomic E-state index is 11.3. The Balaban J connectivity index is 1.82. The highest BCUT2D eigenvalue weighted by Crippen LogP contribution is 2.53. The molecular weight excluding hydrogens is 496 g/mol. The summed E-state index contributed by atoms with van der Waals surface area (Å²) < 4.78 is 22.8. The minimum Gasteiger partial charge on any atom is -0.504 e. The first kappa shape index (κ1) is 29.5. The van der Waals surface area contributed by atoms with E-state index in [1.165, 1.54) is 41.5 Å². The number of carboxylic acid groups (broad SMARTS) is 1. The van der Waals surface area contributed by atoms with Gasteiger partial charge in [0.25, 0.3) is 0 Å². The molecule has 2 saturated heterocycles. The zero-order chi connectivity index (χ0) is 28.4. The van der Waals surface area contributed by atoms with Gasteiger partial charge in [-0.1, -0.05) is 0 Å². The van der Waals surface area contributed by atoms with E-state index in [1.54, 1.807) is 0 Å². The van der Waals surface area contributed by atoms with E-state index in [9.17, 15) is 40.5 Å². The van der Waals surface area contributed by atoms with Crippen molar-refractivity contribution in [3.8, 4) is 11.5 Å². The van der Waals surface area contributed by atoms with E-state index in [1.807, 2.05) is 0 Å². The van der Waals surface area contributed by atoms with Crippen LogP contribution in [-0.2, 0) is 14.2 Å². The number of carboxylic acids is 1. The molecule has 0 bridgehead atoms. The molecule has 8 N–H and O–H groups in total. The zero-order valence-corrected chi connectivity index (χ0v) is 21.4. The number of aliphatic hydroxyl groups is 6. The van der Waals surface area contributed by atoms with Gasteiger partial charge in [0.1, 0.15) is 41.2 Å². The summed E-state index contributed by atoms with van der Waals surface area (Å²) in [4.78, 5) is 11.1. The number of ether oxygens (including phenoxy) is 4. The van der Waals surface area contributed by atoms with Crippen molar-refractivity contribution < 1.29 is 64.6 Å². The molecule has 1 aromatic carbocycles. The zero-order valence-electron chi connectivity index (χ0n) is 21.4. The summed E-state index contributed by atoms with van der Waals surface area (Å²) in [6.45, 7) is 7.53. The second kappa shape index (κ2) is 9.29. The standard InChI is InChI=1S/C24H36O13/c1-20(2)21(3,31)22(4,32)23(5,33)24(6,37-20)34-10-14-15(26)16(27)17(28)19(36-14)35-13-8-7-11(18(29)30)9-12(13)25/h7-9,14-17,19,25-28,31-33H,10H2,1-6H3,(H,29,30)/t14-,15-,16+,17-,19+,21-,22-,23+,24+/m1/s1. The monoisotopic (exact) mass is 532 g/mol. The van der Waals surface area contributed by atoms with Crippen LogP contribution in [0.1, 0.15) is 51.9 Å². The lowest BCUT2D eigenvalue weighted by molar-refractivity contribution is -0.455. The molecule has 13 nitrogen and oxygen atoms in total. The van der Waals surface area contributed by atoms with Gasteiger partial charge in [-0.3, -0.25) is 0 Å². The first-order chi connectivity index (χ1) is 16.7. The van der Waals surface area contributed by atoms with E-state index in [0.29, 0.717) is 0 Å². The van der Waals surface area contributed by atoms with Crippen LogP contribution < -0.4 is 4.74 Å². The fourth-order valence-electron chi connectivity index (χ4n) is 4.63. The first-order valence-electron chi connectivity index (χ1n) is 11.6. The Morgan fingerprint density at radius 2 is 1.51 bits per heavy atom. The number of aromatic carboxylic acids is 1. The highest BCUT2D eigenvalue weighted by molar-refractivity contribution is 5.88. The van der Waals surface area contributed by atoms with Gasteiger partial charge in [-0.05, 0) is 59.7 Å². The van der Waals surface area contributed by atoms with Gasteiger partial charge < -0.3 is 59.8 Å². The summed E-state index contributed by atoms with van der Waals surface area (Å²) in [5, 5.41) is 83.8. The van der Waals surface area contributed by atoms with Crippen LogP contribution >= 0.6 is 0 Å². The van der Waals surface area contributed by atoms with Gasteiger partial charge in [0.2, 0.25) is 6.29 Å². The number of hydrogen-bond donors (Lipinski definition) is 8. The molecule has 0 saturated carbocycles. The third-order valence-corrected chi connectivity index (χ3v) is 8.04. The molecule has 1 aromatic rings. The van der Waals surface area contributed by atoms with Crippen molar-refractivity contribution in [3.63, 3.8) is 0 Å². The Bertz CT molecular complexity index is 1020. The Morgan fingerprint density at radius 3 is 2.05 bits per heavy atom. The first-order valence-corrected chi connectivity index (χ1v) is 11.6. The Kier molecular flexibility index (Phi) is 7.40. The van der Waals surface area contributed by atoms with Gasteiger partial charge >= 0.3 is 5.97 Å². The van der Waals surface area contributed by atoms with Gasteiger partial charge in [0, 0.05) is 0 Å². The quantitative estimate of drug-likeness (QED) is 0.222. The molecule has 2 aliphatic rings. The number of phenolic OH excluding ortho intramolecular Hbond substituents is 1. The second-order valence-electron chi connectivity index (χ2n) is 10.7. The van der Waals surface area contributed by atoms with Crippen LogP contribution in [0.25, 0.3) is 0 Å². The molecule has 2 aliphatic heterocycles. The van der Waals surface area contributed by atoms with E-state index in [0.717, 1.165) is 18.2 Å². The average Bonchev–Trinajstić information content (AvgIpc) is 2.78. The van der Waals surface area contributed by atoms with Gasteiger partial charge in [-0.15, -0.1) is 0 Å². The normalized spacial score (nSPS) is 43.8. The summed E-state index contributed by atoms with van der Waals surface area (Å²) in [5.41, 5.74) is -7.93. The van der Waals surface area contributed by atoms with Crippen molar-refractivity contribution >= 4 is 5.97 Å².